The zero-order valence-electron chi connectivity index (χ0n) is 17.3. The normalized spacial score (nSPS) is 10.6. The number of carbonyl (C=O) groups excluding carboxylic acids is 2. The molecule has 0 saturated heterocycles. The van der Waals surface area contributed by atoms with Crippen molar-refractivity contribution in [2.24, 2.45) is 0 Å². The van der Waals surface area contributed by atoms with Crippen LogP contribution in [0.2, 0.25) is 0 Å². The highest BCUT2D eigenvalue weighted by atomic mass is 16.5. The maximum Gasteiger partial charge on any atom is 0.338 e. The molecular weight excluding hydrogens is 362 g/mol. The van der Waals surface area contributed by atoms with Gasteiger partial charge in [-0.2, -0.15) is 0 Å². The molecule has 0 atom stereocenters. The van der Waals surface area contributed by atoms with Crippen LogP contribution in [0.5, 0.6) is 11.5 Å². The minimum atomic E-state index is -0.613. The number of rotatable bonds is 9. The third-order valence-corrected chi connectivity index (χ3v) is 4.72. The van der Waals surface area contributed by atoms with Crippen molar-refractivity contribution in [2.45, 2.75) is 27.3 Å². The second kappa shape index (κ2) is 9.41. The quantitative estimate of drug-likeness (QED) is 0.485. The molecule has 2 rings (SSSR count). The fraction of sp³-hybridized carbons (Fsp3) is 0.429. The maximum absolute atomic E-state index is 12.6. The number of aryl methyl sites for hydroxylation is 1. The summed E-state index contributed by atoms with van der Waals surface area (Å²) in [7, 11) is 4.66. The van der Waals surface area contributed by atoms with Crippen LogP contribution in [-0.2, 0) is 16.0 Å². The lowest BCUT2D eigenvalue weighted by atomic mass is 10.1. The fourth-order valence-electron chi connectivity index (χ4n) is 3.11. The van der Waals surface area contributed by atoms with E-state index < -0.39 is 5.97 Å². The molecule has 0 spiro atoms. The molecule has 0 radical (unpaired) electrons. The van der Waals surface area contributed by atoms with Gasteiger partial charge in [0.05, 0.1) is 26.4 Å². The summed E-state index contributed by atoms with van der Waals surface area (Å²) in [5.74, 6) is 0.160. The summed E-state index contributed by atoms with van der Waals surface area (Å²) >= 11 is 0. The molecule has 1 heterocycles. The predicted octanol–water partition coefficient (Wildman–Crippen LogP) is 3.12. The summed E-state index contributed by atoms with van der Waals surface area (Å²) in [5.41, 5.74) is 3.37. The van der Waals surface area contributed by atoms with Crippen molar-refractivity contribution in [3.8, 4) is 11.5 Å². The van der Waals surface area contributed by atoms with Crippen molar-refractivity contribution in [2.75, 3.05) is 34.5 Å². The molecule has 7 nitrogen and oxygen atoms in total. The second-order valence-corrected chi connectivity index (χ2v) is 6.43. The van der Waals surface area contributed by atoms with Gasteiger partial charge in [0.25, 0.3) is 0 Å². The van der Waals surface area contributed by atoms with Gasteiger partial charge in [0.2, 0.25) is 5.78 Å². The van der Waals surface area contributed by atoms with Crippen LogP contribution in [0.3, 0.4) is 0 Å². The summed E-state index contributed by atoms with van der Waals surface area (Å²) in [6, 6.07) is 4.95. The highest BCUT2D eigenvalue weighted by Gasteiger charge is 2.19. The first-order chi connectivity index (χ1) is 13.3. The standard InChI is InChI=1S/C21H27NO6/c1-13-9-17(15(3)22(13)7-8-25-4)18(23)12-28-21(24)16-10-19(26-5)14(2)20(11-16)27-6/h9-11H,7-8,12H2,1-6H3. The largest absolute Gasteiger partial charge is 0.496 e. The zero-order chi connectivity index (χ0) is 20.8. The molecule has 0 aliphatic heterocycles. The third kappa shape index (κ3) is 4.54. The molecule has 0 bridgehead atoms. The molecule has 0 aliphatic carbocycles. The van der Waals surface area contributed by atoms with Crippen LogP contribution in [0.1, 0.15) is 37.7 Å². The molecule has 0 N–H and O–H groups in total. The topological polar surface area (TPSA) is 76.0 Å². The molecule has 0 unspecified atom stereocenters. The van der Waals surface area contributed by atoms with Crippen molar-refractivity contribution < 1.29 is 28.5 Å². The molecule has 152 valence electrons. The smallest absolute Gasteiger partial charge is 0.338 e. The van der Waals surface area contributed by atoms with Crippen LogP contribution in [-0.4, -0.2) is 50.9 Å². The number of nitrogens with zero attached hydrogens (tertiary/aromatic N) is 1. The van der Waals surface area contributed by atoms with Gasteiger partial charge in [-0.3, -0.25) is 4.79 Å². The van der Waals surface area contributed by atoms with Crippen molar-refractivity contribution in [1.29, 1.82) is 0 Å². The average molecular weight is 389 g/mol. The van der Waals surface area contributed by atoms with E-state index in [0.29, 0.717) is 30.2 Å². The van der Waals surface area contributed by atoms with Crippen molar-refractivity contribution >= 4 is 11.8 Å². The molecular formula is C21H27NO6. The highest BCUT2D eigenvalue weighted by molar-refractivity contribution is 6.00. The predicted molar refractivity (Wildman–Crippen MR) is 105 cm³/mol. The lowest BCUT2D eigenvalue weighted by molar-refractivity contribution is 0.0474. The third-order valence-electron chi connectivity index (χ3n) is 4.72. The Hall–Kier alpha value is -2.80. The Morgan fingerprint density at radius 2 is 1.57 bits per heavy atom. The summed E-state index contributed by atoms with van der Waals surface area (Å²) in [5, 5.41) is 0. The minimum Gasteiger partial charge on any atom is -0.496 e. The summed E-state index contributed by atoms with van der Waals surface area (Å²) in [6.07, 6.45) is 0. The van der Waals surface area contributed by atoms with Crippen molar-refractivity contribution in [1.82, 2.24) is 4.57 Å². The molecule has 2 aromatic rings. The molecule has 0 saturated carbocycles. The second-order valence-electron chi connectivity index (χ2n) is 6.43. The molecule has 1 aromatic heterocycles. The van der Waals surface area contributed by atoms with Gasteiger partial charge < -0.3 is 23.5 Å². The number of ketones is 1. The highest BCUT2D eigenvalue weighted by Crippen LogP contribution is 2.29. The molecule has 1 aromatic carbocycles. The lowest BCUT2D eigenvalue weighted by Crippen LogP contribution is -2.16. The van der Waals surface area contributed by atoms with E-state index >= 15 is 0 Å². The Labute approximate surface area is 165 Å². The van der Waals surface area contributed by atoms with Gasteiger partial charge in [-0.1, -0.05) is 0 Å². The first-order valence-electron chi connectivity index (χ1n) is 8.92. The van der Waals surface area contributed by atoms with Crippen LogP contribution in [0.25, 0.3) is 0 Å². The van der Waals surface area contributed by atoms with Gasteiger partial charge in [0.1, 0.15) is 11.5 Å². The number of benzene rings is 1. The van der Waals surface area contributed by atoms with Crippen LogP contribution >= 0.6 is 0 Å². The van der Waals surface area contributed by atoms with E-state index in [1.54, 1.807) is 25.3 Å². The van der Waals surface area contributed by atoms with E-state index in [-0.39, 0.29) is 18.0 Å². The zero-order valence-corrected chi connectivity index (χ0v) is 17.3. The van der Waals surface area contributed by atoms with Gasteiger partial charge in [0.15, 0.2) is 6.61 Å². The van der Waals surface area contributed by atoms with Crippen LogP contribution < -0.4 is 9.47 Å². The van der Waals surface area contributed by atoms with Crippen LogP contribution in [0, 0.1) is 20.8 Å². The van der Waals surface area contributed by atoms with Gasteiger partial charge in [-0.05, 0) is 39.0 Å². The van der Waals surface area contributed by atoms with Crippen molar-refractivity contribution in [3.05, 3.63) is 46.3 Å². The Morgan fingerprint density at radius 3 is 2.11 bits per heavy atom. The first-order valence-corrected chi connectivity index (χ1v) is 8.92. The van der Waals surface area contributed by atoms with E-state index in [4.69, 9.17) is 18.9 Å². The van der Waals surface area contributed by atoms with E-state index in [2.05, 4.69) is 0 Å². The van der Waals surface area contributed by atoms with E-state index in [9.17, 15) is 9.59 Å². The minimum absolute atomic E-state index is 0.254. The lowest BCUT2D eigenvalue weighted by Gasteiger charge is -2.12. The summed E-state index contributed by atoms with van der Waals surface area (Å²) in [6.45, 7) is 6.49. The Bertz CT molecular complexity index is 843. The van der Waals surface area contributed by atoms with Gasteiger partial charge in [-0.15, -0.1) is 0 Å². The van der Waals surface area contributed by atoms with Gasteiger partial charge >= 0.3 is 5.97 Å². The Morgan fingerprint density at radius 1 is 0.964 bits per heavy atom. The van der Waals surface area contributed by atoms with Gasteiger partial charge in [-0.25, -0.2) is 4.79 Å². The Balaban J connectivity index is 2.12. The fourth-order valence-corrected chi connectivity index (χ4v) is 3.11. The van der Waals surface area contributed by atoms with Crippen molar-refractivity contribution in [3.63, 3.8) is 0 Å². The number of Topliss-reactive ketones (excluding diaryl/α,β-unsaturated/α-hetero) is 1. The monoisotopic (exact) mass is 389 g/mol. The number of hydrogen-bond acceptors (Lipinski definition) is 6. The van der Waals surface area contributed by atoms with Crippen LogP contribution in [0.15, 0.2) is 18.2 Å². The number of carbonyl (C=O) groups is 2. The number of aromatic nitrogens is 1. The number of ether oxygens (including phenoxy) is 4. The number of methoxy groups -OCH3 is 3. The number of esters is 1. The molecule has 0 fully saturated rings. The maximum atomic E-state index is 12.6. The molecule has 0 aliphatic rings. The summed E-state index contributed by atoms with van der Waals surface area (Å²) < 4.78 is 22.9. The first kappa shape index (κ1) is 21.5. The molecule has 28 heavy (non-hydrogen) atoms. The Kier molecular flexibility index (Phi) is 7.23. The number of hydrogen-bond donors (Lipinski definition) is 0. The average Bonchev–Trinajstić information content (AvgIpc) is 2.98. The molecule has 0 amide bonds. The van der Waals surface area contributed by atoms with E-state index in [1.807, 2.05) is 25.3 Å². The van der Waals surface area contributed by atoms with E-state index in [1.165, 1.54) is 14.2 Å². The SMILES string of the molecule is COCCn1c(C)cc(C(=O)COC(=O)c2cc(OC)c(C)c(OC)c2)c1C. The van der Waals surface area contributed by atoms with Crippen LogP contribution in [0.4, 0.5) is 0 Å². The molecule has 7 heteroatoms. The van der Waals surface area contributed by atoms with E-state index in [0.717, 1.165) is 17.0 Å². The van der Waals surface area contributed by atoms with Gasteiger partial charge in [0, 0.05) is 36.2 Å². The summed E-state index contributed by atoms with van der Waals surface area (Å²) in [4.78, 5) is 25.0.